The Morgan fingerprint density at radius 2 is 1.96 bits per heavy atom. The van der Waals surface area contributed by atoms with Crippen molar-refractivity contribution in [3.05, 3.63) is 53.6 Å². The number of phenols is 1. The second-order valence-corrected chi connectivity index (χ2v) is 6.07. The van der Waals surface area contributed by atoms with Crippen molar-refractivity contribution >= 4 is 12.1 Å². The van der Waals surface area contributed by atoms with Crippen molar-refractivity contribution in [3.63, 3.8) is 0 Å². The molecule has 1 fully saturated rings. The van der Waals surface area contributed by atoms with Crippen LogP contribution in [0.25, 0.3) is 0 Å². The Morgan fingerprint density at radius 3 is 2.67 bits per heavy atom. The lowest BCUT2D eigenvalue weighted by Gasteiger charge is -2.10. The predicted octanol–water partition coefficient (Wildman–Crippen LogP) is 1.47. The Kier molecular flexibility index (Phi) is 5.90. The number of methoxy groups -OCH3 is 2. The quantitative estimate of drug-likeness (QED) is 0.453. The number of hydrazine groups is 1. The lowest BCUT2D eigenvalue weighted by molar-refractivity contribution is -0.122. The number of rotatable bonds is 6. The van der Waals surface area contributed by atoms with Crippen LogP contribution in [0.5, 0.6) is 17.2 Å². The third kappa shape index (κ3) is 4.55. The molecule has 0 radical (unpaired) electrons. The summed E-state index contributed by atoms with van der Waals surface area (Å²) in [5.41, 5.74) is 10.4. The molecule has 1 saturated heterocycles. The fourth-order valence-corrected chi connectivity index (χ4v) is 2.81. The van der Waals surface area contributed by atoms with E-state index in [1.807, 2.05) is 24.3 Å². The zero-order chi connectivity index (χ0) is 19.2. The minimum Gasteiger partial charge on any atom is -0.504 e. The van der Waals surface area contributed by atoms with E-state index >= 15 is 0 Å². The van der Waals surface area contributed by atoms with Crippen molar-refractivity contribution in [1.29, 1.82) is 0 Å². The number of hydrogen-bond donors (Lipinski definition) is 4. The summed E-state index contributed by atoms with van der Waals surface area (Å²) in [4.78, 5) is 12.3. The van der Waals surface area contributed by atoms with Crippen molar-refractivity contribution in [2.24, 2.45) is 5.10 Å². The summed E-state index contributed by atoms with van der Waals surface area (Å²) in [6.07, 6.45) is 2.09. The number of ether oxygens (including phenoxy) is 2. The molecule has 1 amide bonds. The van der Waals surface area contributed by atoms with Gasteiger partial charge in [0, 0.05) is 6.04 Å². The van der Waals surface area contributed by atoms with E-state index in [0.717, 1.165) is 11.3 Å². The van der Waals surface area contributed by atoms with Crippen LogP contribution >= 0.6 is 0 Å². The van der Waals surface area contributed by atoms with Gasteiger partial charge in [-0.1, -0.05) is 12.1 Å². The SMILES string of the molecule is COc1ccc(C2CC(C(=O)N/N=C/c3ccc(O)c(OC)c3)NN2)cc1. The first-order valence-corrected chi connectivity index (χ1v) is 8.45. The van der Waals surface area contributed by atoms with Crippen molar-refractivity contribution in [2.45, 2.75) is 18.5 Å². The van der Waals surface area contributed by atoms with Crippen molar-refractivity contribution in [1.82, 2.24) is 16.3 Å². The van der Waals surface area contributed by atoms with Crippen LogP contribution < -0.4 is 25.8 Å². The van der Waals surface area contributed by atoms with E-state index in [4.69, 9.17) is 9.47 Å². The lowest BCUT2D eigenvalue weighted by atomic mass is 10.0. The number of aromatic hydroxyl groups is 1. The van der Waals surface area contributed by atoms with E-state index in [1.54, 1.807) is 19.2 Å². The molecule has 2 aromatic rings. The first-order valence-electron chi connectivity index (χ1n) is 8.45. The van der Waals surface area contributed by atoms with Gasteiger partial charge in [0.05, 0.1) is 20.4 Å². The fraction of sp³-hybridized carbons (Fsp3) is 0.263. The highest BCUT2D eigenvalue weighted by Gasteiger charge is 2.29. The largest absolute Gasteiger partial charge is 0.504 e. The molecule has 4 N–H and O–H groups in total. The number of nitrogens with zero attached hydrogens (tertiary/aromatic N) is 1. The highest BCUT2D eigenvalue weighted by molar-refractivity contribution is 5.85. The number of amides is 1. The first kappa shape index (κ1) is 18.7. The predicted molar refractivity (Wildman–Crippen MR) is 101 cm³/mol. The lowest BCUT2D eigenvalue weighted by Crippen LogP contribution is -2.41. The Hall–Kier alpha value is -3.10. The van der Waals surface area contributed by atoms with Gasteiger partial charge in [-0.25, -0.2) is 16.3 Å². The minimum atomic E-state index is -0.399. The van der Waals surface area contributed by atoms with E-state index in [-0.39, 0.29) is 17.7 Å². The second-order valence-electron chi connectivity index (χ2n) is 6.07. The van der Waals surface area contributed by atoms with E-state index in [9.17, 15) is 9.90 Å². The molecule has 2 unspecified atom stereocenters. The molecule has 142 valence electrons. The summed E-state index contributed by atoms with van der Waals surface area (Å²) < 4.78 is 10.2. The normalized spacial score (nSPS) is 19.2. The first-order chi connectivity index (χ1) is 13.1. The number of benzene rings is 2. The molecule has 3 rings (SSSR count). The number of phenolic OH excluding ortho intramolecular Hbond substituents is 1. The van der Waals surface area contributed by atoms with Crippen molar-refractivity contribution in [3.8, 4) is 17.2 Å². The van der Waals surface area contributed by atoms with Crippen molar-refractivity contribution in [2.75, 3.05) is 14.2 Å². The number of nitrogens with one attached hydrogen (secondary N) is 3. The van der Waals surface area contributed by atoms with Gasteiger partial charge in [0.15, 0.2) is 11.5 Å². The molecule has 1 aliphatic rings. The van der Waals surface area contributed by atoms with E-state index in [2.05, 4.69) is 21.4 Å². The molecule has 0 spiro atoms. The van der Waals surface area contributed by atoms with Gasteiger partial charge in [-0.3, -0.25) is 4.79 Å². The molecule has 0 aromatic heterocycles. The zero-order valence-electron chi connectivity index (χ0n) is 15.1. The molecule has 1 heterocycles. The molecule has 2 aromatic carbocycles. The van der Waals surface area contributed by atoms with Gasteiger partial charge in [-0.05, 0) is 47.9 Å². The monoisotopic (exact) mass is 370 g/mol. The van der Waals surface area contributed by atoms with Crippen LogP contribution in [0.3, 0.4) is 0 Å². The molecular weight excluding hydrogens is 348 g/mol. The van der Waals surface area contributed by atoms with Crippen LogP contribution in [0.15, 0.2) is 47.6 Å². The molecular formula is C19H22N4O4. The molecule has 0 saturated carbocycles. The third-order valence-electron chi connectivity index (χ3n) is 4.33. The summed E-state index contributed by atoms with van der Waals surface area (Å²) in [6.45, 7) is 0. The Morgan fingerprint density at radius 1 is 1.19 bits per heavy atom. The number of hydrogen-bond acceptors (Lipinski definition) is 7. The van der Waals surface area contributed by atoms with Gasteiger partial charge in [0.1, 0.15) is 11.8 Å². The molecule has 2 atom stereocenters. The maximum Gasteiger partial charge on any atom is 0.258 e. The summed E-state index contributed by atoms with van der Waals surface area (Å²) >= 11 is 0. The second kappa shape index (κ2) is 8.52. The Labute approximate surface area is 157 Å². The summed E-state index contributed by atoms with van der Waals surface area (Å²) in [5, 5.41) is 13.5. The van der Waals surface area contributed by atoms with E-state index < -0.39 is 6.04 Å². The molecule has 8 nitrogen and oxygen atoms in total. The highest BCUT2D eigenvalue weighted by Crippen LogP contribution is 2.26. The minimum absolute atomic E-state index is 0.0250. The molecule has 0 bridgehead atoms. The molecule has 8 heteroatoms. The number of carbonyl (C=O) groups excluding carboxylic acids is 1. The van der Waals surface area contributed by atoms with Crippen molar-refractivity contribution < 1.29 is 19.4 Å². The topological polar surface area (TPSA) is 104 Å². The average Bonchev–Trinajstić information content (AvgIpc) is 3.19. The number of carbonyl (C=O) groups is 1. The van der Waals surface area contributed by atoms with E-state index in [1.165, 1.54) is 19.4 Å². The maximum absolute atomic E-state index is 12.3. The summed E-state index contributed by atoms with van der Waals surface area (Å²) in [5.74, 6) is 0.943. The number of hydrazone groups is 1. The van der Waals surface area contributed by atoms with Crippen LogP contribution in [0, 0.1) is 0 Å². The fourth-order valence-electron chi connectivity index (χ4n) is 2.81. The van der Waals surface area contributed by atoms with Gasteiger partial charge in [0.25, 0.3) is 5.91 Å². The standard InChI is InChI=1S/C19H22N4O4/c1-26-14-6-4-13(5-7-14)15-10-16(22-21-15)19(25)23-20-11-12-3-8-17(24)18(9-12)27-2/h3-9,11,15-16,21-22,24H,10H2,1-2H3,(H,23,25)/b20-11+. The zero-order valence-corrected chi connectivity index (χ0v) is 15.1. The average molecular weight is 370 g/mol. The maximum atomic E-state index is 12.3. The molecule has 1 aliphatic heterocycles. The van der Waals surface area contributed by atoms with Gasteiger partial charge in [-0.2, -0.15) is 5.10 Å². The summed E-state index contributed by atoms with van der Waals surface area (Å²) in [7, 11) is 3.09. The summed E-state index contributed by atoms with van der Waals surface area (Å²) in [6, 6.07) is 12.1. The van der Waals surface area contributed by atoms with Crippen LogP contribution in [-0.4, -0.2) is 37.5 Å². The van der Waals surface area contributed by atoms with Crippen LogP contribution in [0.1, 0.15) is 23.6 Å². The molecule has 27 heavy (non-hydrogen) atoms. The highest BCUT2D eigenvalue weighted by atomic mass is 16.5. The van der Waals surface area contributed by atoms with Crippen LogP contribution in [0.4, 0.5) is 0 Å². The van der Waals surface area contributed by atoms with Gasteiger partial charge in [-0.15, -0.1) is 0 Å². The van der Waals surface area contributed by atoms with Gasteiger partial charge in [0.2, 0.25) is 0 Å². The van der Waals surface area contributed by atoms with E-state index in [0.29, 0.717) is 17.7 Å². The van der Waals surface area contributed by atoms with Gasteiger partial charge < -0.3 is 14.6 Å². The smallest absolute Gasteiger partial charge is 0.258 e. The Bertz CT molecular complexity index is 823. The Balaban J connectivity index is 1.54. The molecule has 0 aliphatic carbocycles. The van der Waals surface area contributed by atoms with Crippen LogP contribution in [0.2, 0.25) is 0 Å². The van der Waals surface area contributed by atoms with Crippen LogP contribution in [-0.2, 0) is 4.79 Å². The third-order valence-corrected chi connectivity index (χ3v) is 4.33. The van der Waals surface area contributed by atoms with Gasteiger partial charge >= 0.3 is 0 Å².